The summed E-state index contributed by atoms with van der Waals surface area (Å²) in [6, 6.07) is 8.45. The lowest BCUT2D eigenvalue weighted by Gasteiger charge is -2.37. The molecule has 0 aliphatic carbocycles. The molecule has 1 aromatic rings. The molecule has 2 saturated heterocycles. The minimum Gasteiger partial charge on any atom is -0.379 e. The normalized spacial score (nSPS) is 22.0. The molecule has 1 N–H and O–H groups in total. The molecule has 5 nitrogen and oxygen atoms in total. The van der Waals surface area contributed by atoms with Crippen molar-refractivity contribution in [3.8, 4) is 0 Å². The van der Waals surface area contributed by atoms with Crippen molar-refractivity contribution >= 4 is 23.5 Å². The number of anilines is 1. The predicted octanol–water partition coefficient (Wildman–Crippen LogP) is 3.52. The summed E-state index contributed by atoms with van der Waals surface area (Å²) < 4.78 is 5.42. The molecule has 2 fully saturated rings. The quantitative estimate of drug-likeness (QED) is 0.813. The fourth-order valence-corrected chi connectivity index (χ4v) is 4.08. The molecule has 2 aliphatic rings. The summed E-state index contributed by atoms with van der Waals surface area (Å²) >= 11 is 1.69. The Morgan fingerprint density at radius 1 is 1.28 bits per heavy atom. The molecule has 2 amide bonds. The molecule has 0 saturated carbocycles. The number of carbonyl (C=O) groups excluding carboxylic acids is 1. The maximum absolute atomic E-state index is 12.8. The van der Waals surface area contributed by atoms with Crippen molar-refractivity contribution in [1.29, 1.82) is 0 Å². The van der Waals surface area contributed by atoms with Gasteiger partial charge in [-0.15, -0.1) is 11.8 Å². The van der Waals surface area contributed by atoms with Crippen LogP contribution in [0.5, 0.6) is 0 Å². The number of likely N-dealkylation sites (tertiary alicyclic amines) is 1. The van der Waals surface area contributed by atoms with Crippen LogP contribution in [0.1, 0.15) is 25.7 Å². The van der Waals surface area contributed by atoms with Gasteiger partial charge in [0.05, 0.1) is 13.2 Å². The van der Waals surface area contributed by atoms with E-state index in [-0.39, 0.29) is 6.03 Å². The first-order valence-corrected chi connectivity index (χ1v) is 10.5. The first-order chi connectivity index (χ1) is 12.3. The van der Waals surface area contributed by atoms with Crippen molar-refractivity contribution in [3.63, 3.8) is 0 Å². The van der Waals surface area contributed by atoms with Crippen LogP contribution in [0.2, 0.25) is 0 Å². The first kappa shape index (κ1) is 18.5. The number of piperidine rings is 1. The van der Waals surface area contributed by atoms with Gasteiger partial charge in [-0.2, -0.15) is 0 Å². The van der Waals surface area contributed by atoms with E-state index in [0.717, 1.165) is 64.3 Å². The number of amides is 2. The summed E-state index contributed by atoms with van der Waals surface area (Å²) in [6.45, 7) is 5.61. The molecule has 0 aromatic heterocycles. The Morgan fingerprint density at radius 2 is 2.12 bits per heavy atom. The number of urea groups is 1. The molecular formula is C19H29N3O2S. The van der Waals surface area contributed by atoms with Gasteiger partial charge in [0.25, 0.3) is 0 Å². The zero-order chi connectivity index (χ0) is 17.5. The molecule has 138 valence electrons. The number of nitrogens with zero attached hydrogens (tertiary/aromatic N) is 2. The highest BCUT2D eigenvalue weighted by atomic mass is 32.2. The highest BCUT2D eigenvalue weighted by Gasteiger charge is 2.27. The lowest BCUT2D eigenvalue weighted by molar-refractivity contribution is 0.0329. The molecule has 0 spiro atoms. The standard InChI is InChI=1S/C19H29N3O2S/c1-25-18-7-4-5-16(15-18)20-19(23)22-9-3-2-6-17(22)8-10-21-11-13-24-14-12-21/h4-5,7,15,17H,2-3,6,8-14H2,1H3,(H,20,23)/t17-/m1/s1. The largest absolute Gasteiger partial charge is 0.379 e. The van der Waals surface area contributed by atoms with Gasteiger partial charge in [0.15, 0.2) is 0 Å². The van der Waals surface area contributed by atoms with Crippen LogP contribution < -0.4 is 5.32 Å². The molecule has 0 radical (unpaired) electrons. The van der Waals surface area contributed by atoms with Crippen LogP contribution in [0.15, 0.2) is 29.2 Å². The van der Waals surface area contributed by atoms with E-state index in [1.165, 1.54) is 11.3 Å². The fourth-order valence-electron chi connectivity index (χ4n) is 3.62. The Hall–Kier alpha value is -1.24. The maximum atomic E-state index is 12.8. The second kappa shape index (κ2) is 9.46. The van der Waals surface area contributed by atoms with Crippen LogP contribution in [-0.4, -0.2) is 67.5 Å². The van der Waals surface area contributed by atoms with Gasteiger partial charge in [0.2, 0.25) is 0 Å². The summed E-state index contributed by atoms with van der Waals surface area (Å²) in [4.78, 5) is 18.5. The number of ether oxygens (including phenoxy) is 1. The zero-order valence-electron chi connectivity index (χ0n) is 15.1. The number of nitrogens with one attached hydrogen (secondary N) is 1. The molecule has 1 atom stereocenters. The Labute approximate surface area is 155 Å². The SMILES string of the molecule is CSc1cccc(NC(=O)N2CCCC[C@@H]2CCN2CCOCC2)c1. The van der Waals surface area contributed by atoms with Gasteiger partial charge in [0.1, 0.15) is 0 Å². The van der Waals surface area contributed by atoms with Gasteiger partial charge in [-0.1, -0.05) is 6.07 Å². The highest BCUT2D eigenvalue weighted by molar-refractivity contribution is 7.98. The van der Waals surface area contributed by atoms with Crippen molar-refractivity contribution in [1.82, 2.24) is 9.80 Å². The molecule has 1 aromatic carbocycles. The van der Waals surface area contributed by atoms with Crippen LogP contribution in [0.4, 0.5) is 10.5 Å². The van der Waals surface area contributed by atoms with Crippen molar-refractivity contribution in [2.45, 2.75) is 36.6 Å². The highest BCUT2D eigenvalue weighted by Crippen LogP contribution is 2.23. The molecule has 0 bridgehead atoms. The third-order valence-electron chi connectivity index (χ3n) is 5.09. The van der Waals surface area contributed by atoms with Gasteiger partial charge >= 0.3 is 6.03 Å². The van der Waals surface area contributed by atoms with E-state index >= 15 is 0 Å². The van der Waals surface area contributed by atoms with Crippen molar-refractivity contribution < 1.29 is 9.53 Å². The van der Waals surface area contributed by atoms with Crippen LogP contribution in [-0.2, 0) is 4.74 Å². The van der Waals surface area contributed by atoms with Crippen molar-refractivity contribution in [2.24, 2.45) is 0 Å². The van der Waals surface area contributed by atoms with Gasteiger partial charge in [-0.3, -0.25) is 4.90 Å². The number of hydrogen-bond acceptors (Lipinski definition) is 4. The zero-order valence-corrected chi connectivity index (χ0v) is 15.9. The molecule has 2 aliphatic heterocycles. The lowest BCUT2D eigenvalue weighted by atomic mass is 9.99. The predicted molar refractivity (Wildman–Crippen MR) is 103 cm³/mol. The number of morpholine rings is 1. The number of benzene rings is 1. The van der Waals surface area contributed by atoms with Crippen LogP contribution in [0.25, 0.3) is 0 Å². The van der Waals surface area contributed by atoms with Crippen molar-refractivity contribution in [2.75, 3.05) is 51.0 Å². The number of hydrogen-bond donors (Lipinski definition) is 1. The maximum Gasteiger partial charge on any atom is 0.322 e. The summed E-state index contributed by atoms with van der Waals surface area (Å²) in [5, 5.41) is 3.09. The molecule has 0 unspecified atom stereocenters. The fraction of sp³-hybridized carbons (Fsp3) is 0.632. The van der Waals surface area contributed by atoms with E-state index in [4.69, 9.17) is 4.74 Å². The third-order valence-corrected chi connectivity index (χ3v) is 5.82. The number of carbonyl (C=O) groups is 1. The average molecular weight is 364 g/mol. The lowest BCUT2D eigenvalue weighted by Crippen LogP contribution is -2.48. The topological polar surface area (TPSA) is 44.8 Å². The Bertz CT molecular complexity index is 563. The van der Waals surface area contributed by atoms with E-state index in [0.29, 0.717) is 6.04 Å². The molecule has 6 heteroatoms. The summed E-state index contributed by atoms with van der Waals surface area (Å²) in [6.07, 6.45) is 6.54. The summed E-state index contributed by atoms with van der Waals surface area (Å²) in [5.74, 6) is 0. The van der Waals surface area contributed by atoms with E-state index < -0.39 is 0 Å². The monoisotopic (exact) mass is 363 g/mol. The molecule has 2 heterocycles. The van der Waals surface area contributed by atoms with Crippen LogP contribution >= 0.6 is 11.8 Å². The van der Waals surface area contributed by atoms with E-state index in [1.54, 1.807) is 11.8 Å². The third kappa shape index (κ3) is 5.36. The molecule has 25 heavy (non-hydrogen) atoms. The minimum absolute atomic E-state index is 0.0462. The Morgan fingerprint density at radius 3 is 2.92 bits per heavy atom. The smallest absolute Gasteiger partial charge is 0.322 e. The second-order valence-corrected chi connectivity index (χ2v) is 7.63. The van der Waals surface area contributed by atoms with Gasteiger partial charge in [0, 0.05) is 42.8 Å². The summed E-state index contributed by atoms with van der Waals surface area (Å²) in [7, 11) is 0. The Balaban J connectivity index is 1.56. The number of thioether (sulfide) groups is 1. The van der Waals surface area contributed by atoms with Gasteiger partial charge in [-0.05, 0) is 50.1 Å². The number of rotatable bonds is 5. The second-order valence-electron chi connectivity index (χ2n) is 6.75. The van der Waals surface area contributed by atoms with Gasteiger partial charge < -0.3 is 15.0 Å². The Kier molecular flexibility index (Phi) is 7.02. The van der Waals surface area contributed by atoms with Crippen molar-refractivity contribution in [3.05, 3.63) is 24.3 Å². The van der Waals surface area contributed by atoms with E-state index in [1.807, 2.05) is 24.5 Å². The first-order valence-electron chi connectivity index (χ1n) is 9.28. The van der Waals surface area contributed by atoms with Crippen LogP contribution in [0, 0.1) is 0 Å². The molecular weight excluding hydrogens is 334 g/mol. The average Bonchev–Trinajstić information content (AvgIpc) is 2.67. The van der Waals surface area contributed by atoms with Crippen LogP contribution in [0.3, 0.4) is 0 Å². The molecule has 3 rings (SSSR count). The van der Waals surface area contributed by atoms with E-state index in [2.05, 4.69) is 21.2 Å². The van der Waals surface area contributed by atoms with E-state index in [9.17, 15) is 4.79 Å². The summed E-state index contributed by atoms with van der Waals surface area (Å²) in [5.41, 5.74) is 0.884. The minimum atomic E-state index is 0.0462. The van der Waals surface area contributed by atoms with Gasteiger partial charge in [-0.25, -0.2) is 4.79 Å².